The Kier molecular flexibility index (Phi) is 3.50. The molecule has 0 radical (unpaired) electrons. The van der Waals surface area contributed by atoms with E-state index < -0.39 is 0 Å². The summed E-state index contributed by atoms with van der Waals surface area (Å²) in [4.78, 5) is 0. The first-order valence-corrected chi connectivity index (χ1v) is 9.16. The van der Waals surface area contributed by atoms with E-state index in [1.807, 2.05) is 0 Å². The number of rotatable bonds is 2. The lowest BCUT2D eigenvalue weighted by molar-refractivity contribution is 1.01. The fourth-order valence-electron chi connectivity index (χ4n) is 4.17. The Bertz CT molecular complexity index is 1070. The SMILES string of the molecule is Cc1ccc2c(c1)-c1ccccc1C2c1ccc(-c2ccccc2)cc1. The van der Waals surface area contributed by atoms with E-state index in [4.69, 9.17) is 0 Å². The number of aryl methyl sites for hydroxylation is 1. The van der Waals surface area contributed by atoms with Crippen LogP contribution < -0.4 is 0 Å². The molecule has 0 amide bonds. The van der Waals surface area contributed by atoms with Crippen LogP contribution in [0.25, 0.3) is 22.3 Å². The van der Waals surface area contributed by atoms with Crippen LogP contribution in [0.1, 0.15) is 28.2 Å². The molecule has 0 saturated carbocycles. The van der Waals surface area contributed by atoms with E-state index in [-0.39, 0.29) is 0 Å². The fourth-order valence-corrected chi connectivity index (χ4v) is 4.17. The maximum atomic E-state index is 2.33. The van der Waals surface area contributed by atoms with Gasteiger partial charge in [-0.05, 0) is 45.9 Å². The van der Waals surface area contributed by atoms with Crippen LogP contribution >= 0.6 is 0 Å². The molecule has 0 nitrogen and oxygen atoms in total. The van der Waals surface area contributed by atoms with E-state index in [1.165, 1.54) is 44.5 Å². The zero-order chi connectivity index (χ0) is 17.5. The third-order valence-corrected chi connectivity index (χ3v) is 5.43. The number of hydrogen-bond acceptors (Lipinski definition) is 0. The molecule has 1 aliphatic carbocycles. The van der Waals surface area contributed by atoms with Crippen LogP contribution in [0.4, 0.5) is 0 Å². The van der Waals surface area contributed by atoms with E-state index in [2.05, 4.69) is 104 Å². The summed E-state index contributed by atoms with van der Waals surface area (Å²) in [5.41, 5.74) is 10.8. The molecular weight excluding hydrogens is 312 g/mol. The average molecular weight is 332 g/mol. The second-order valence-electron chi connectivity index (χ2n) is 7.10. The van der Waals surface area contributed by atoms with Gasteiger partial charge in [0.25, 0.3) is 0 Å². The minimum Gasteiger partial charge on any atom is -0.0622 e. The molecule has 26 heavy (non-hydrogen) atoms. The van der Waals surface area contributed by atoms with Crippen molar-refractivity contribution in [2.24, 2.45) is 0 Å². The van der Waals surface area contributed by atoms with Gasteiger partial charge in [0.1, 0.15) is 0 Å². The normalized spacial score (nSPS) is 14.7. The molecule has 1 atom stereocenters. The molecule has 1 aliphatic rings. The van der Waals surface area contributed by atoms with Crippen molar-refractivity contribution >= 4 is 0 Å². The van der Waals surface area contributed by atoms with Crippen molar-refractivity contribution < 1.29 is 0 Å². The van der Waals surface area contributed by atoms with Crippen LogP contribution in [-0.4, -0.2) is 0 Å². The van der Waals surface area contributed by atoms with Crippen LogP contribution in [-0.2, 0) is 0 Å². The average Bonchev–Trinajstić information content (AvgIpc) is 3.02. The molecule has 4 aromatic rings. The summed E-state index contributed by atoms with van der Waals surface area (Å²) in [5.74, 6) is 0.326. The van der Waals surface area contributed by atoms with Crippen LogP contribution in [0, 0.1) is 6.92 Å². The Labute approximate surface area is 154 Å². The number of benzene rings is 4. The molecule has 0 aliphatic heterocycles. The third kappa shape index (κ3) is 2.38. The Morgan fingerprint density at radius 2 is 1.19 bits per heavy atom. The maximum absolute atomic E-state index is 2.33. The lowest BCUT2D eigenvalue weighted by atomic mass is 9.88. The second-order valence-corrected chi connectivity index (χ2v) is 7.10. The van der Waals surface area contributed by atoms with Crippen LogP contribution in [0.5, 0.6) is 0 Å². The summed E-state index contributed by atoms with van der Waals surface area (Å²) in [7, 11) is 0. The van der Waals surface area contributed by atoms with Gasteiger partial charge in [0, 0.05) is 5.92 Å². The van der Waals surface area contributed by atoms with Gasteiger partial charge in [0.2, 0.25) is 0 Å². The van der Waals surface area contributed by atoms with Crippen LogP contribution in [0.2, 0.25) is 0 Å². The standard InChI is InChI=1S/C26H20/c1-18-11-16-24-25(17-18)22-9-5-6-10-23(22)26(24)21-14-12-20(13-15-21)19-7-3-2-4-8-19/h2-17,26H,1H3. The maximum Gasteiger partial charge on any atom is 0.0352 e. The summed E-state index contributed by atoms with van der Waals surface area (Å²) in [5, 5.41) is 0. The first-order valence-electron chi connectivity index (χ1n) is 9.16. The van der Waals surface area contributed by atoms with Gasteiger partial charge < -0.3 is 0 Å². The van der Waals surface area contributed by atoms with Gasteiger partial charge in [-0.25, -0.2) is 0 Å². The minimum absolute atomic E-state index is 0.326. The monoisotopic (exact) mass is 332 g/mol. The number of hydrogen-bond donors (Lipinski definition) is 0. The van der Waals surface area contributed by atoms with E-state index in [9.17, 15) is 0 Å². The van der Waals surface area contributed by atoms with Crippen molar-refractivity contribution in [3.05, 3.63) is 119 Å². The smallest absolute Gasteiger partial charge is 0.0352 e. The van der Waals surface area contributed by atoms with Gasteiger partial charge in [-0.3, -0.25) is 0 Å². The predicted molar refractivity (Wildman–Crippen MR) is 109 cm³/mol. The second kappa shape index (κ2) is 6.00. The summed E-state index contributed by atoms with van der Waals surface area (Å²) in [6.45, 7) is 2.17. The largest absolute Gasteiger partial charge is 0.0622 e. The molecular formula is C26H20. The van der Waals surface area contributed by atoms with E-state index in [0.717, 1.165) is 0 Å². The van der Waals surface area contributed by atoms with Crippen LogP contribution in [0.3, 0.4) is 0 Å². The van der Waals surface area contributed by atoms with Gasteiger partial charge in [0.05, 0.1) is 0 Å². The highest BCUT2D eigenvalue weighted by Crippen LogP contribution is 2.48. The molecule has 0 fully saturated rings. The van der Waals surface area contributed by atoms with Gasteiger partial charge in [0.15, 0.2) is 0 Å². The highest BCUT2D eigenvalue weighted by Gasteiger charge is 2.29. The summed E-state index contributed by atoms with van der Waals surface area (Å²) < 4.78 is 0. The third-order valence-electron chi connectivity index (χ3n) is 5.43. The quantitative estimate of drug-likeness (QED) is 0.332. The fraction of sp³-hybridized carbons (Fsp3) is 0.0769. The van der Waals surface area contributed by atoms with E-state index >= 15 is 0 Å². The lowest BCUT2D eigenvalue weighted by Gasteiger charge is -2.15. The van der Waals surface area contributed by atoms with E-state index in [0.29, 0.717) is 5.92 Å². The first-order chi connectivity index (χ1) is 12.8. The molecule has 0 aromatic heterocycles. The van der Waals surface area contributed by atoms with Gasteiger partial charge in [-0.1, -0.05) is 103 Å². The molecule has 1 unspecified atom stereocenters. The first kappa shape index (κ1) is 15.2. The lowest BCUT2D eigenvalue weighted by Crippen LogP contribution is -1.99. The van der Waals surface area contributed by atoms with E-state index in [1.54, 1.807) is 0 Å². The molecule has 124 valence electrons. The molecule has 4 aromatic carbocycles. The summed E-state index contributed by atoms with van der Waals surface area (Å²) in [6.07, 6.45) is 0. The molecule has 0 spiro atoms. The molecule has 0 bridgehead atoms. The highest BCUT2D eigenvalue weighted by molar-refractivity contribution is 5.81. The van der Waals surface area contributed by atoms with Crippen molar-refractivity contribution in [3.8, 4) is 22.3 Å². The Balaban J connectivity index is 1.62. The zero-order valence-corrected chi connectivity index (χ0v) is 14.8. The van der Waals surface area contributed by atoms with Gasteiger partial charge in [-0.2, -0.15) is 0 Å². The predicted octanol–water partition coefficient (Wildman–Crippen LogP) is 6.82. The zero-order valence-electron chi connectivity index (χ0n) is 14.8. The van der Waals surface area contributed by atoms with Crippen molar-refractivity contribution in [3.63, 3.8) is 0 Å². The molecule has 0 heterocycles. The Morgan fingerprint density at radius 1 is 0.538 bits per heavy atom. The Hall–Kier alpha value is -3.12. The molecule has 0 N–H and O–H groups in total. The molecule has 0 heteroatoms. The summed E-state index contributed by atoms with van der Waals surface area (Å²) in [6, 6.07) is 35.4. The van der Waals surface area contributed by atoms with Gasteiger partial charge in [-0.15, -0.1) is 0 Å². The summed E-state index contributed by atoms with van der Waals surface area (Å²) >= 11 is 0. The molecule has 5 rings (SSSR count). The minimum atomic E-state index is 0.326. The number of fused-ring (bicyclic) bond motifs is 3. The van der Waals surface area contributed by atoms with Crippen molar-refractivity contribution in [1.29, 1.82) is 0 Å². The van der Waals surface area contributed by atoms with Crippen LogP contribution in [0.15, 0.2) is 97.1 Å². The van der Waals surface area contributed by atoms with Crippen molar-refractivity contribution in [2.75, 3.05) is 0 Å². The highest BCUT2D eigenvalue weighted by atomic mass is 14.3. The van der Waals surface area contributed by atoms with Gasteiger partial charge >= 0.3 is 0 Å². The molecule has 0 saturated heterocycles. The topological polar surface area (TPSA) is 0 Å². The van der Waals surface area contributed by atoms with Crippen molar-refractivity contribution in [2.45, 2.75) is 12.8 Å². The van der Waals surface area contributed by atoms with Crippen molar-refractivity contribution in [1.82, 2.24) is 0 Å². The Morgan fingerprint density at radius 3 is 2.00 bits per heavy atom.